The van der Waals surface area contributed by atoms with Gasteiger partial charge in [-0.15, -0.1) is 11.3 Å². The molecule has 0 saturated heterocycles. The van der Waals surface area contributed by atoms with Crippen molar-refractivity contribution >= 4 is 22.1 Å². The van der Waals surface area contributed by atoms with E-state index < -0.39 is 0 Å². The lowest BCUT2D eigenvalue weighted by Gasteiger charge is -2.10. The van der Waals surface area contributed by atoms with Gasteiger partial charge in [0.25, 0.3) is 0 Å². The van der Waals surface area contributed by atoms with Gasteiger partial charge in [-0.05, 0) is 31.2 Å². The van der Waals surface area contributed by atoms with Gasteiger partial charge in [-0.2, -0.15) is 0 Å². The number of nitrogens with zero attached hydrogens (tertiary/aromatic N) is 1. The highest BCUT2D eigenvalue weighted by atomic mass is 32.1. The fourth-order valence-corrected chi connectivity index (χ4v) is 3.87. The van der Waals surface area contributed by atoms with Crippen molar-refractivity contribution < 1.29 is 0 Å². The van der Waals surface area contributed by atoms with Gasteiger partial charge in [0.15, 0.2) is 0 Å². The lowest BCUT2D eigenvalue weighted by molar-refractivity contribution is 0.603. The van der Waals surface area contributed by atoms with Gasteiger partial charge in [0.1, 0.15) is 5.01 Å². The molecule has 1 atom stereocenters. The molecule has 3 rings (SSSR count). The predicted molar refractivity (Wildman–Crippen MR) is 91.9 cm³/mol. The molecule has 108 valence electrons. The summed E-state index contributed by atoms with van der Waals surface area (Å²) in [6.07, 6.45) is 0. The van der Waals surface area contributed by atoms with Crippen LogP contribution in [0.25, 0.3) is 21.3 Å². The first-order valence-corrected chi connectivity index (χ1v) is 8.21. The van der Waals surface area contributed by atoms with Crippen LogP contribution in [0.4, 0.5) is 0 Å². The molecule has 0 aliphatic carbocycles. The Balaban J connectivity index is 2.09. The summed E-state index contributed by atoms with van der Waals surface area (Å²) in [6.45, 7) is 7.42. The van der Waals surface area contributed by atoms with E-state index in [0.717, 1.165) is 17.2 Å². The van der Waals surface area contributed by atoms with Crippen LogP contribution in [0, 0.1) is 6.92 Å². The third kappa shape index (κ3) is 2.71. The van der Waals surface area contributed by atoms with Crippen LogP contribution < -0.4 is 5.32 Å². The summed E-state index contributed by atoms with van der Waals surface area (Å²) in [6, 6.07) is 15.3. The zero-order valence-corrected chi connectivity index (χ0v) is 13.5. The minimum absolute atomic E-state index is 0.358. The quantitative estimate of drug-likeness (QED) is 0.737. The number of rotatable bonds is 4. The van der Waals surface area contributed by atoms with Crippen LogP contribution in [0.15, 0.2) is 42.5 Å². The molecule has 2 nitrogen and oxygen atoms in total. The Morgan fingerprint density at radius 2 is 1.90 bits per heavy atom. The fraction of sp³-hybridized carbons (Fsp3) is 0.278. The molecular formula is C18H20N2S. The van der Waals surface area contributed by atoms with Gasteiger partial charge in [-0.1, -0.05) is 49.4 Å². The molecular weight excluding hydrogens is 276 g/mol. The van der Waals surface area contributed by atoms with Crippen molar-refractivity contribution in [1.82, 2.24) is 10.3 Å². The number of aromatic nitrogens is 1. The molecule has 0 spiro atoms. The van der Waals surface area contributed by atoms with E-state index in [1.165, 1.54) is 21.2 Å². The van der Waals surface area contributed by atoms with E-state index in [4.69, 9.17) is 4.98 Å². The van der Waals surface area contributed by atoms with Crippen molar-refractivity contribution in [2.45, 2.75) is 26.8 Å². The second-order valence-corrected chi connectivity index (χ2v) is 6.31. The fourth-order valence-electron chi connectivity index (χ4n) is 2.74. The highest BCUT2D eigenvalue weighted by Gasteiger charge is 2.15. The van der Waals surface area contributed by atoms with Gasteiger partial charge in [-0.3, -0.25) is 0 Å². The van der Waals surface area contributed by atoms with Gasteiger partial charge in [0.05, 0.1) is 5.69 Å². The van der Waals surface area contributed by atoms with Crippen LogP contribution in [0.2, 0.25) is 0 Å². The van der Waals surface area contributed by atoms with E-state index in [1.54, 1.807) is 11.3 Å². The first-order valence-electron chi connectivity index (χ1n) is 7.39. The SMILES string of the molecule is CCNC(C)c1sc(-c2cccc3ccccc23)nc1C. The minimum atomic E-state index is 0.358. The number of hydrogen-bond acceptors (Lipinski definition) is 3. The molecule has 0 amide bonds. The standard InChI is InChI=1S/C18H20N2S/c1-4-19-12(2)17-13(3)20-18(21-17)16-11-7-9-14-8-5-6-10-15(14)16/h5-12,19H,4H2,1-3H3. The third-order valence-electron chi connectivity index (χ3n) is 3.76. The summed E-state index contributed by atoms with van der Waals surface area (Å²) in [7, 11) is 0. The third-order valence-corrected chi connectivity index (χ3v) is 5.13. The Bertz CT molecular complexity index is 756. The van der Waals surface area contributed by atoms with Gasteiger partial charge in [0, 0.05) is 16.5 Å². The van der Waals surface area contributed by atoms with E-state index in [2.05, 4.69) is 68.6 Å². The summed E-state index contributed by atoms with van der Waals surface area (Å²) in [5, 5.41) is 7.13. The average molecular weight is 296 g/mol. The monoisotopic (exact) mass is 296 g/mol. The van der Waals surface area contributed by atoms with E-state index in [1.807, 2.05) is 0 Å². The highest BCUT2D eigenvalue weighted by Crippen LogP contribution is 2.35. The number of hydrogen-bond donors (Lipinski definition) is 1. The van der Waals surface area contributed by atoms with Gasteiger partial charge in [-0.25, -0.2) is 4.98 Å². The number of benzene rings is 2. The van der Waals surface area contributed by atoms with Crippen molar-refractivity contribution in [3.8, 4) is 10.6 Å². The zero-order chi connectivity index (χ0) is 14.8. The molecule has 1 N–H and O–H groups in total. The number of nitrogens with one attached hydrogen (secondary N) is 1. The van der Waals surface area contributed by atoms with Crippen molar-refractivity contribution in [2.24, 2.45) is 0 Å². The summed E-state index contributed by atoms with van der Waals surface area (Å²) in [5.41, 5.74) is 2.37. The Hall–Kier alpha value is -1.71. The zero-order valence-electron chi connectivity index (χ0n) is 12.7. The summed E-state index contributed by atoms with van der Waals surface area (Å²) in [4.78, 5) is 6.15. The normalized spacial score (nSPS) is 12.7. The van der Waals surface area contributed by atoms with E-state index >= 15 is 0 Å². The van der Waals surface area contributed by atoms with Crippen molar-refractivity contribution in [3.63, 3.8) is 0 Å². The Morgan fingerprint density at radius 1 is 1.14 bits per heavy atom. The topological polar surface area (TPSA) is 24.9 Å². The molecule has 1 heterocycles. The molecule has 3 aromatic rings. The molecule has 0 aliphatic rings. The van der Waals surface area contributed by atoms with Crippen LogP contribution in [0.3, 0.4) is 0 Å². The molecule has 0 radical (unpaired) electrons. The maximum Gasteiger partial charge on any atom is 0.124 e. The molecule has 1 aromatic heterocycles. The van der Waals surface area contributed by atoms with Crippen LogP contribution in [0.1, 0.15) is 30.5 Å². The Kier molecular flexibility index (Phi) is 4.04. The number of thiazole rings is 1. The van der Waals surface area contributed by atoms with Crippen molar-refractivity contribution in [2.75, 3.05) is 6.54 Å². The van der Waals surface area contributed by atoms with Crippen LogP contribution in [-0.2, 0) is 0 Å². The second kappa shape index (κ2) is 5.96. The highest BCUT2D eigenvalue weighted by molar-refractivity contribution is 7.15. The average Bonchev–Trinajstić information content (AvgIpc) is 2.89. The largest absolute Gasteiger partial charge is 0.310 e. The molecule has 21 heavy (non-hydrogen) atoms. The lowest BCUT2D eigenvalue weighted by atomic mass is 10.1. The maximum absolute atomic E-state index is 4.81. The Morgan fingerprint density at radius 3 is 2.71 bits per heavy atom. The molecule has 3 heteroatoms. The predicted octanol–water partition coefficient (Wildman–Crippen LogP) is 4.94. The number of fused-ring (bicyclic) bond motifs is 1. The smallest absolute Gasteiger partial charge is 0.124 e. The summed E-state index contributed by atoms with van der Waals surface area (Å²) >= 11 is 1.80. The Labute approximate surface area is 129 Å². The lowest BCUT2D eigenvalue weighted by Crippen LogP contribution is -2.17. The summed E-state index contributed by atoms with van der Waals surface area (Å²) < 4.78 is 0. The molecule has 0 saturated carbocycles. The first-order chi connectivity index (χ1) is 10.2. The first kappa shape index (κ1) is 14.2. The molecule has 0 bridgehead atoms. The van der Waals surface area contributed by atoms with Crippen LogP contribution >= 0.6 is 11.3 Å². The molecule has 0 aliphatic heterocycles. The van der Waals surface area contributed by atoms with Crippen molar-refractivity contribution in [1.29, 1.82) is 0 Å². The summed E-state index contributed by atoms with van der Waals surface area (Å²) in [5.74, 6) is 0. The number of aryl methyl sites for hydroxylation is 1. The van der Waals surface area contributed by atoms with E-state index in [0.29, 0.717) is 6.04 Å². The second-order valence-electron chi connectivity index (χ2n) is 5.27. The van der Waals surface area contributed by atoms with Crippen molar-refractivity contribution in [3.05, 3.63) is 53.0 Å². The van der Waals surface area contributed by atoms with E-state index in [-0.39, 0.29) is 0 Å². The minimum Gasteiger partial charge on any atom is -0.310 e. The van der Waals surface area contributed by atoms with Gasteiger partial charge >= 0.3 is 0 Å². The molecule has 0 fully saturated rings. The van der Waals surface area contributed by atoms with Crippen LogP contribution in [0.5, 0.6) is 0 Å². The van der Waals surface area contributed by atoms with Gasteiger partial charge in [0.2, 0.25) is 0 Å². The molecule has 1 unspecified atom stereocenters. The van der Waals surface area contributed by atoms with E-state index in [9.17, 15) is 0 Å². The van der Waals surface area contributed by atoms with Crippen LogP contribution in [-0.4, -0.2) is 11.5 Å². The maximum atomic E-state index is 4.81. The molecule has 2 aromatic carbocycles. The van der Waals surface area contributed by atoms with Gasteiger partial charge < -0.3 is 5.32 Å².